The molecule has 1 saturated heterocycles. The van der Waals surface area contributed by atoms with E-state index in [-0.39, 0.29) is 5.91 Å². The molecule has 1 amide bonds. The van der Waals surface area contributed by atoms with E-state index in [1.165, 1.54) is 11.8 Å². The van der Waals surface area contributed by atoms with Gasteiger partial charge < -0.3 is 16.2 Å². The summed E-state index contributed by atoms with van der Waals surface area (Å²) in [5.41, 5.74) is 7.14. The Morgan fingerprint density at radius 2 is 2.04 bits per heavy atom. The second-order valence-corrected chi connectivity index (χ2v) is 7.93. The van der Waals surface area contributed by atoms with Crippen LogP contribution in [0.5, 0.6) is 0 Å². The summed E-state index contributed by atoms with van der Waals surface area (Å²) >= 11 is 1.39. The number of rotatable bonds is 6. The third kappa shape index (κ3) is 4.46. The second kappa shape index (κ2) is 7.33. The molecule has 1 aliphatic rings. The number of carbonyl (C=O) groups excluding carboxylic acids is 1. The van der Waals surface area contributed by atoms with Crippen LogP contribution in [0.15, 0.2) is 30.3 Å². The number of carboxylic acids is 1. The molecule has 0 aromatic heterocycles. The van der Waals surface area contributed by atoms with Gasteiger partial charge in [0, 0.05) is 11.3 Å². The topological polar surface area (TPSA) is 104 Å². The third-order valence-electron chi connectivity index (χ3n) is 3.89. The zero-order chi connectivity index (χ0) is 17.0. The van der Waals surface area contributed by atoms with E-state index in [1.54, 1.807) is 0 Å². The zero-order valence-electron chi connectivity index (χ0n) is 13.3. The van der Waals surface area contributed by atoms with Crippen LogP contribution in [0.2, 0.25) is 0 Å². The van der Waals surface area contributed by atoms with Gasteiger partial charge >= 0.3 is 5.97 Å². The fraction of sp³-hybridized carbons (Fsp3) is 0.500. The minimum atomic E-state index is -0.929. The molecule has 1 fully saturated rings. The maximum absolute atomic E-state index is 12.2. The quantitative estimate of drug-likeness (QED) is 0.605. The van der Waals surface area contributed by atoms with E-state index in [4.69, 9.17) is 5.73 Å². The van der Waals surface area contributed by atoms with E-state index in [0.29, 0.717) is 6.54 Å². The first-order chi connectivity index (χ1) is 10.8. The summed E-state index contributed by atoms with van der Waals surface area (Å²) in [6.45, 7) is 4.17. The predicted octanol–water partition coefficient (Wildman–Crippen LogP) is 0.567. The Kier molecular flexibility index (Phi) is 5.67. The average molecular weight is 337 g/mol. The van der Waals surface area contributed by atoms with E-state index >= 15 is 0 Å². The van der Waals surface area contributed by atoms with Gasteiger partial charge in [0.05, 0.1) is 5.37 Å². The lowest BCUT2D eigenvalue weighted by Crippen LogP contribution is -2.53. The van der Waals surface area contributed by atoms with Gasteiger partial charge in [-0.05, 0) is 25.8 Å². The minimum Gasteiger partial charge on any atom is -0.480 e. The Hall–Kier alpha value is -1.57. The van der Waals surface area contributed by atoms with Crippen molar-refractivity contribution in [3.05, 3.63) is 35.9 Å². The van der Waals surface area contributed by atoms with Crippen LogP contribution in [0.4, 0.5) is 0 Å². The van der Waals surface area contributed by atoms with Crippen LogP contribution in [0, 0.1) is 0 Å². The summed E-state index contributed by atoms with van der Waals surface area (Å²) in [5, 5.41) is 14.6. The molecular formula is C16H23N3O3S. The van der Waals surface area contributed by atoms with Crippen LogP contribution >= 0.6 is 11.8 Å². The van der Waals surface area contributed by atoms with E-state index in [9.17, 15) is 14.7 Å². The summed E-state index contributed by atoms with van der Waals surface area (Å²) in [6, 6.07) is 8.34. The molecule has 0 bridgehead atoms. The van der Waals surface area contributed by atoms with Crippen molar-refractivity contribution < 1.29 is 14.7 Å². The number of thioether (sulfide) groups is 1. The molecule has 6 nitrogen and oxygen atoms in total. The molecule has 0 saturated carbocycles. The van der Waals surface area contributed by atoms with Gasteiger partial charge in [0.1, 0.15) is 12.1 Å². The molecule has 3 atom stereocenters. The van der Waals surface area contributed by atoms with Crippen LogP contribution < -0.4 is 16.4 Å². The molecule has 3 unspecified atom stereocenters. The lowest BCUT2D eigenvalue weighted by atomic mass is 10.0. The van der Waals surface area contributed by atoms with Crippen LogP contribution in [0.3, 0.4) is 0 Å². The van der Waals surface area contributed by atoms with Crippen LogP contribution in [-0.4, -0.2) is 45.7 Å². The van der Waals surface area contributed by atoms with Crippen LogP contribution in [0.25, 0.3) is 0 Å². The van der Waals surface area contributed by atoms with Gasteiger partial charge in [0.25, 0.3) is 0 Å². The highest BCUT2D eigenvalue weighted by Crippen LogP contribution is 2.38. The van der Waals surface area contributed by atoms with E-state index < -0.39 is 28.2 Å². The van der Waals surface area contributed by atoms with Crippen molar-refractivity contribution in [1.82, 2.24) is 10.6 Å². The maximum Gasteiger partial charge on any atom is 0.322 e. The minimum absolute atomic E-state index is 0.271. The number of nitrogens with two attached hydrogens (primary N) is 1. The number of carbonyl (C=O) groups is 2. The molecule has 2 rings (SSSR count). The summed E-state index contributed by atoms with van der Waals surface area (Å²) in [6.07, 6.45) is 0.730. The highest BCUT2D eigenvalue weighted by atomic mass is 32.2. The number of benzene rings is 1. The normalized spacial score (nSPS) is 24.1. The maximum atomic E-state index is 12.2. The lowest BCUT2D eigenvalue weighted by molar-refractivity contribution is -0.140. The molecule has 5 N–H and O–H groups in total. The van der Waals surface area contributed by atoms with Gasteiger partial charge in [-0.1, -0.05) is 30.3 Å². The Bertz CT molecular complexity index is 565. The van der Waals surface area contributed by atoms with Crippen molar-refractivity contribution in [2.75, 3.05) is 6.54 Å². The summed E-state index contributed by atoms with van der Waals surface area (Å²) in [7, 11) is 0. The highest BCUT2D eigenvalue weighted by Gasteiger charge is 2.48. The van der Waals surface area contributed by atoms with Crippen molar-refractivity contribution in [3.8, 4) is 0 Å². The van der Waals surface area contributed by atoms with Gasteiger partial charge in [0.15, 0.2) is 0 Å². The SMILES string of the molecule is CC1(C)SC(C(N)C(=O)NCCc2ccccc2)NC1C(=O)O. The molecular weight excluding hydrogens is 314 g/mol. The second-order valence-electron chi connectivity index (χ2n) is 6.13. The first kappa shape index (κ1) is 17.8. The number of hydrogen-bond acceptors (Lipinski definition) is 5. The van der Waals surface area contributed by atoms with Crippen molar-refractivity contribution in [1.29, 1.82) is 0 Å². The molecule has 0 radical (unpaired) electrons. The molecule has 1 aromatic rings. The van der Waals surface area contributed by atoms with Gasteiger partial charge in [-0.25, -0.2) is 0 Å². The Labute approximate surface area is 140 Å². The fourth-order valence-electron chi connectivity index (χ4n) is 2.57. The van der Waals surface area contributed by atoms with Gasteiger partial charge in [-0.15, -0.1) is 11.8 Å². The summed E-state index contributed by atoms with van der Waals surface area (Å²) < 4.78 is -0.515. The third-order valence-corrected chi connectivity index (χ3v) is 5.41. The summed E-state index contributed by atoms with van der Waals surface area (Å²) in [4.78, 5) is 23.4. The molecule has 1 aromatic carbocycles. The first-order valence-corrected chi connectivity index (χ1v) is 8.43. The molecule has 126 valence electrons. The predicted molar refractivity (Wildman–Crippen MR) is 91.1 cm³/mol. The lowest BCUT2D eigenvalue weighted by Gasteiger charge is -2.21. The van der Waals surface area contributed by atoms with Crippen molar-refractivity contribution in [3.63, 3.8) is 0 Å². The zero-order valence-corrected chi connectivity index (χ0v) is 14.1. The average Bonchev–Trinajstić information content (AvgIpc) is 2.83. The van der Waals surface area contributed by atoms with E-state index in [2.05, 4.69) is 10.6 Å². The number of nitrogens with one attached hydrogen (secondary N) is 2. The van der Waals surface area contributed by atoms with Crippen LogP contribution in [-0.2, 0) is 16.0 Å². The van der Waals surface area contributed by atoms with Crippen molar-refractivity contribution in [2.45, 2.75) is 42.5 Å². The number of hydrogen-bond donors (Lipinski definition) is 4. The number of amides is 1. The van der Waals surface area contributed by atoms with Gasteiger partial charge in [-0.2, -0.15) is 0 Å². The van der Waals surface area contributed by atoms with Gasteiger partial charge in [-0.3, -0.25) is 14.9 Å². The molecule has 23 heavy (non-hydrogen) atoms. The van der Waals surface area contributed by atoms with E-state index in [0.717, 1.165) is 12.0 Å². The van der Waals surface area contributed by atoms with Crippen LogP contribution in [0.1, 0.15) is 19.4 Å². The first-order valence-electron chi connectivity index (χ1n) is 7.55. The number of carboxylic acid groups (broad SMARTS) is 1. The Balaban J connectivity index is 1.84. The fourth-order valence-corrected chi connectivity index (χ4v) is 4.00. The molecule has 0 spiro atoms. The molecule has 1 aliphatic heterocycles. The molecule has 1 heterocycles. The summed E-state index contributed by atoms with van der Waals surface area (Å²) in [5.74, 6) is -1.20. The molecule has 0 aliphatic carbocycles. The van der Waals surface area contributed by atoms with Crippen molar-refractivity contribution >= 4 is 23.6 Å². The van der Waals surface area contributed by atoms with Gasteiger partial charge in [0.2, 0.25) is 5.91 Å². The van der Waals surface area contributed by atoms with Crippen molar-refractivity contribution in [2.24, 2.45) is 5.73 Å². The number of aliphatic carboxylic acids is 1. The largest absolute Gasteiger partial charge is 0.480 e. The molecule has 7 heteroatoms. The smallest absolute Gasteiger partial charge is 0.322 e. The standard InChI is InChI=1S/C16H23N3O3S/c1-16(2)12(15(21)22)19-14(23-16)11(17)13(20)18-9-8-10-6-4-3-5-7-10/h3-7,11-12,14,19H,8-9,17H2,1-2H3,(H,18,20)(H,21,22). The monoisotopic (exact) mass is 337 g/mol. The Morgan fingerprint density at radius 1 is 1.39 bits per heavy atom. The van der Waals surface area contributed by atoms with E-state index in [1.807, 2.05) is 44.2 Å². The Morgan fingerprint density at radius 3 is 2.61 bits per heavy atom. The highest BCUT2D eigenvalue weighted by molar-refractivity contribution is 8.01.